The molecule has 9 heteroatoms. The van der Waals surface area contributed by atoms with E-state index in [2.05, 4.69) is 73.8 Å². The van der Waals surface area contributed by atoms with Crippen LogP contribution in [0.4, 0.5) is 0 Å². The van der Waals surface area contributed by atoms with Crippen LogP contribution in [0.3, 0.4) is 0 Å². The van der Waals surface area contributed by atoms with Gasteiger partial charge in [-0.15, -0.1) is 0 Å². The fourth-order valence-electron chi connectivity index (χ4n) is 1.86. The number of nitrogens with zero attached hydrogens (tertiary/aromatic N) is 3. The van der Waals surface area contributed by atoms with Crippen LogP contribution in [-0.2, 0) is 9.47 Å². The van der Waals surface area contributed by atoms with Crippen molar-refractivity contribution < 1.29 is 9.47 Å². The van der Waals surface area contributed by atoms with E-state index in [1.807, 2.05) is 0 Å². The van der Waals surface area contributed by atoms with E-state index in [0.717, 1.165) is 20.7 Å². The summed E-state index contributed by atoms with van der Waals surface area (Å²) in [4.78, 5) is 16.1. The molecule has 0 aliphatic rings. The lowest BCUT2D eigenvalue weighted by atomic mass is 10.2. The van der Waals surface area contributed by atoms with E-state index in [1.165, 1.54) is 11.8 Å². The highest BCUT2D eigenvalue weighted by molar-refractivity contribution is 8.00. The predicted molar refractivity (Wildman–Crippen MR) is 125 cm³/mol. The zero-order chi connectivity index (χ0) is 21.3. The molecule has 2 aromatic rings. The molecular formula is C20H29N3O2S4. The molecule has 0 fully saturated rings. The van der Waals surface area contributed by atoms with Crippen molar-refractivity contribution in [1.29, 1.82) is 0 Å². The van der Waals surface area contributed by atoms with Crippen LogP contribution in [0.1, 0.15) is 34.6 Å². The van der Waals surface area contributed by atoms with Gasteiger partial charge < -0.3 is 9.47 Å². The summed E-state index contributed by atoms with van der Waals surface area (Å²) >= 11 is 6.39. The predicted octanol–water partition coefficient (Wildman–Crippen LogP) is 6.33. The quantitative estimate of drug-likeness (QED) is 0.276. The van der Waals surface area contributed by atoms with Crippen molar-refractivity contribution >= 4 is 47.0 Å². The maximum absolute atomic E-state index is 5.81. The number of methoxy groups -OCH3 is 1. The van der Waals surface area contributed by atoms with Gasteiger partial charge in [-0.1, -0.05) is 55.2 Å². The third-order valence-electron chi connectivity index (χ3n) is 3.16. The van der Waals surface area contributed by atoms with Gasteiger partial charge in [0.25, 0.3) is 0 Å². The lowest BCUT2D eigenvalue weighted by molar-refractivity contribution is 0.0287. The lowest BCUT2D eigenvalue weighted by Gasteiger charge is -2.19. The van der Waals surface area contributed by atoms with Crippen LogP contribution in [0.2, 0.25) is 0 Å². The van der Waals surface area contributed by atoms with Crippen LogP contribution >= 0.6 is 47.0 Å². The van der Waals surface area contributed by atoms with Crippen LogP contribution in [0.25, 0.3) is 0 Å². The summed E-state index contributed by atoms with van der Waals surface area (Å²) in [7, 11) is 1.67. The number of ether oxygens (including phenoxy) is 2. The SMILES string of the molecule is COCSc1nc(SCC(C)C)nc(Sc2cccc(SCOC(C)(C)C)c2)n1. The van der Waals surface area contributed by atoms with E-state index < -0.39 is 0 Å². The smallest absolute Gasteiger partial charge is 0.197 e. The van der Waals surface area contributed by atoms with Gasteiger partial charge in [-0.3, -0.25) is 0 Å². The summed E-state index contributed by atoms with van der Waals surface area (Å²) in [6.07, 6.45) is 0. The van der Waals surface area contributed by atoms with Crippen molar-refractivity contribution in [1.82, 2.24) is 15.0 Å². The minimum Gasteiger partial charge on any atom is -0.374 e. The van der Waals surface area contributed by atoms with E-state index in [-0.39, 0.29) is 5.60 Å². The highest BCUT2D eigenvalue weighted by Crippen LogP contribution is 2.31. The molecule has 0 saturated heterocycles. The minimum atomic E-state index is -0.134. The van der Waals surface area contributed by atoms with Gasteiger partial charge in [0.05, 0.1) is 17.5 Å². The Labute approximate surface area is 191 Å². The lowest BCUT2D eigenvalue weighted by Crippen LogP contribution is -2.18. The first-order chi connectivity index (χ1) is 13.7. The summed E-state index contributed by atoms with van der Waals surface area (Å²) in [5, 5.41) is 2.16. The molecule has 0 bridgehead atoms. The van der Waals surface area contributed by atoms with E-state index >= 15 is 0 Å². The number of aromatic nitrogens is 3. The van der Waals surface area contributed by atoms with Gasteiger partial charge in [-0.25, -0.2) is 0 Å². The van der Waals surface area contributed by atoms with Gasteiger partial charge in [-0.05, 0) is 56.7 Å². The minimum absolute atomic E-state index is 0.134. The molecule has 0 amide bonds. The molecule has 1 aromatic carbocycles. The molecule has 0 saturated carbocycles. The van der Waals surface area contributed by atoms with Crippen LogP contribution in [0.5, 0.6) is 0 Å². The van der Waals surface area contributed by atoms with Gasteiger partial charge in [0.2, 0.25) is 0 Å². The van der Waals surface area contributed by atoms with Crippen molar-refractivity contribution in [2.24, 2.45) is 5.92 Å². The number of benzene rings is 1. The zero-order valence-corrected chi connectivity index (χ0v) is 21.1. The van der Waals surface area contributed by atoms with Crippen molar-refractivity contribution in [3.8, 4) is 0 Å². The Morgan fingerprint density at radius 3 is 2.21 bits per heavy atom. The van der Waals surface area contributed by atoms with Gasteiger partial charge >= 0.3 is 0 Å². The fourth-order valence-corrected chi connectivity index (χ4v) is 5.15. The molecule has 1 aromatic heterocycles. The van der Waals surface area contributed by atoms with E-state index in [4.69, 9.17) is 9.47 Å². The molecule has 0 unspecified atom stereocenters. The number of thioether (sulfide) groups is 3. The third kappa shape index (κ3) is 10.4. The number of rotatable bonds is 11. The highest BCUT2D eigenvalue weighted by Gasteiger charge is 2.12. The Morgan fingerprint density at radius 1 is 0.897 bits per heavy atom. The Hall–Kier alpha value is -0.450. The van der Waals surface area contributed by atoms with Crippen LogP contribution in [0.15, 0.2) is 49.5 Å². The van der Waals surface area contributed by atoms with Gasteiger partial charge in [0.1, 0.15) is 0 Å². The second-order valence-electron chi connectivity index (χ2n) is 7.53. The van der Waals surface area contributed by atoms with Crippen LogP contribution in [-0.4, -0.2) is 45.3 Å². The van der Waals surface area contributed by atoms with Crippen LogP contribution < -0.4 is 0 Å². The molecule has 5 nitrogen and oxygen atoms in total. The molecule has 1 heterocycles. The Bertz CT molecular complexity index is 770. The van der Waals surface area contributed by atoms with Crippen molar-refractivity contribution in [3.63, 3.8) is 0 Å². The molecule has 0 radical (unpaired) electrons. The average molecular weight is 472 g/mol. The molecule has 2 rings (SSSR count). The highest BCUT2D eigenvalue weighted by atomic mass is 32.2. The topological polar surface area (TPSA) is 57.1 Å². The first-order valence-electron chi connectivity index (χ1n) is 9.30. The third-order valence-corrected chi connectivity index (χ3v) is 6.90. The summed E-state index contributed by atoms with van der Waals surface area (Å²) in [6, 6.07) is 8.37. The number of hydrogen-bond acceptors (Lipinski definition) is 9. The molecule has 0 aliphatic carbocycles. The molecule has 29 heavy (non-hydrogen) atoms. The first-order valence-corrected chi connectivity index (χ1v) is 13.1. The maximum atomic E-state index is 5.81. The van der Waals surface area contributed by atoms with Gasteiger partial charge in [-0.2, -0.15) is 15.0 Å². The van der Waals surface area contributed by atoms with E-state index in [1.54, 1.807) is 42.4 Å². The van der Waals surface area contributed by atoms with Crippen molar-refractivity contribution in [2.75, 3.05) is 24.7 Å². The average Bonchev–Trinajstić information content (AvgIpc) is 2.64. The molecule has 0 aliphatic heterocycles. The molecule has 0 spiro atoms. The Morgan fingerprint density at radius 2 is 1.55 bits per heavy atom. The van der Waals surface area contributed by atoms with E-state index in [0.29, 0.717) is 28.1 Å². The van der Waals surface area contributed by atoms with Crippen molar-refractivity contribution in [3.05, 3.63) is 24.3 Å². The molecular weight excluding hydrogens is 443 g/mol. The summed E-state index contributed by atoms with van der Waals surface area (Å²) in [6.45, 7) is 10.6. The molecule has 0 N–H and O–H groups in total. The van der Waals surface area contributed by atoms with E-state index in [9.17, 15) is 0 Å². The standard InChI is InChI=1S/C20H29N3O2S4/c1-14(2)11-26-17-21-18(28-12-24-6)23-19(22-17)29-16-9-7-8-15(10-16)27-13-25-20(3,4)5/h7-10,14H,11-13H2,1-6H3. The monoisotopic (exact) mass is 471 g/mol. The summed E-state index contributed by atoms with van der Waals surface area (Å²) in [5.74, 6) is 2.69. The second-order valence-corrected chi connectivity index (χ2v) is 11.4. The largest absolute Gasteiger partial charge is 0.374 e. The van der Waals surface area contributed by atoms with Crippen molar-refractivity contribution in [2.45, 2.75) is 65.5 Å². The molecule has 160 valence electrons. The van der Waals surface area contributed by atoms with Crippen LogP contribution in [0, 0.1) is 5.92 Å². The Balaban J connectivity index is 2.10. The second kappa shape index (κ2) is 12.4. The summed E-state index contributed by atoms with van der Waals surface area (Å²) < 4.78 is 11.0. The zero-order valence-electron chi connectivity index (χ0n) is 17.8. The number of hydrogen-bond donors (Lipinski definition) is 0. The van der Waals surface area contributed by atoms with Gasteiger partial charge in [0.15, 0.2) is 15.5 Å². The first kappa shape index (κ1) is 24.8. The summed E-state index contributed by atoms with van der Waals surface area (Å²) in [5.41, 5.74) is -0.134. The normalized spacial score (nSPS) is 12.0. The van der Waals surface area contributed by atoms with Gasteiger partial charge in [0, 0.05) is 22.7 Å². The fraction of sp³-hybridized carbons (Fsp3) is 0.550. The Kier molecular flexibility index (Phi) is 10.6. The molecule has 0 atom stereocenters. The maximum Gasteiger partial charge on any atom is 0.197 e.